The van der Waals surface area contributed by atoms with Crippen LogP contribution in [0, 0.1) is 11.8 Å². The monoisotopic (exact) mass is 201 g/mol. The Morgan fingerprint density at radius 1 is 1.43 bits per heavy atom. The van der Waals surface area contributed by atoms with E-state index in [1.165, 1.54) is 19.3 Å². The third kappa shape index (κ3) is 2.28. The minimum Gasteiger partial charge on any atom is -0.325 e. The maximum absolute atomic E-state index is 14.4. The van der Waals surface area contributed by atoms with Crippen molar-refractivity contribution in [3.63, 3.8) is 0 Å². The molecule has 4 atom stereocenters. The summed E-state index contributed by atoms with van der Waals surface area (Å²) >= 11 is 0. The summed E-state index contributed by atoms with van der Waals surface area (Å²) in [7, 11) is 0. The van der Waals surface area contributed by atoms with Crippen LogP contribution in [0.2, 0.25) is 0 Å². The topological polar surface area (TPSA) is 26.0 Å². The highest BCUT2D eigenvalue weighted by Gasteiger charge is 2.42. The summed E-state index contributed by atoms with van der Waals surface area (Å²) in [5, 5.41) is 0. The van der Waals surface area contributed by atoms with Crippen molar-refractivity contribution >= 4 is 0 Å². The smallest absolute Gasteiger partial charge is 0.126 e. The number of rotatable bonds is 3. The first-order valence-corrected chi connectivity index (χ1v) is 5.94. The van der Waals surface area contributed by atoms with Crippen LogP contribution in [0.1, 0.15) is 52.9 Å². The summed E-state index contributed by atoms with van der Waals surface area (Å²) in [6.45, 7) is 5.65. The maximum Gasteiger partial charge on any atom is 0.126 e. The van der Waals surface area contributed by atoms with Gasteiger partial charge in [0.1, 0.15) is 5.67 Å². The van der Waals surface area contributed by atoms with Crippen LogP contribution in [0.15, 0.2) is 0 Å². The van der Waals surface area contributed by atoms with Gasteiger partial charge in [-0.15, -0.1) is 0 Å². The minimum absolute atomic E-state index is 0.182. The molecule has 84 valence electrons. The van der Waals surface area contributed by atoms with Gasteiger partial charge in [-0.05, 0) is 32.1 Å². The van der Waals surface area contributed by atoms with Crippen LogP contribution in [0.4, 0.5) is 4.39 Å². The van der Waals surface area contributed by atoms with Gasteiger partial charge in [0, 0.05) is 6.04 Å². The van der Waals surface area contributed by atoms with Crippen LogP contribution in [0.3, 0.4) is 0 Å². The van der Waals surface area contributed by atoms with Crippen LogP contribution in [-0.4, -0.2) is 11.7 Å². The molecule has 1 saturated carbocycles. The van der Waals surface area contributed by atoms with Crippen molar-refractivity contribution in [3.05, 3.63) is 0 Å². The third-order valence-electron chi connectivity index (χ3n) is 4.05. The quantitative estimate of drug-likeness (QED) is 0.745. The Morgan fingerprint density at radius 2 is 2.00 bits per heavy atom. The molecule has 1 fully saturated rings. The number of halogens is 1. The molecule has 1 aliphatic rings. The van der Waals surface area contributed by atoms with Crippen LogP contribution < -0.4 is 5.73 Å². The molecule has 0 amide bonds. The number of hydrogen-bond donors (Lipinski definition) is 1. The van der Waals surface area contributed by atoms with Gasteiger partial charge in [-0.25, -0.2) is 4.39 Å². The van der Waals surface area contributed by atoms with Crippen LogP contribution in [0.5, 0.6) is 0 Å². The van der Waals surface area contributed by atoms with Crippen molar-refractivity contribution in [2.45, 2.75) is 64.6 Å². The standard InChI is InChI=1S/C12H24FN/c1-4-10-7-5-6-8-11(10)12(3,13)9(2)14/h9-11H,4-8,14H2,1-3H3. The van der Waals surface area contributed by atoms with Crippen LogP contribution in [-0.2, 0) is 0 Å². The largest absolute Gasteiger partial charge is 0.325 e. The zero-order valence-corrected chi connectivity index (χ0v) is 9.72. The Balaban J connectivity index is 2.72. The van der Waals surface area contributed by atoms with Crippen molar-refractivity contribution in [1.82, 2.24) is 0 Å². The van der Waals surface area contributed by atoms with Gasteiger partial charge in [0.2, 0.25) is 0 Å². The van der Waals surface area contributed by atoms with Crippen molar-refractivity contribution in [1.29, 1.82) is 0 Å². The second-order valence-corrected chi connectivity index (χ2v) is 5.00. The van der Waals surface area contributed by atoms with Crippen molar-refractivity contribution in [3.8, 4) is 0 Å². The first-order chi connectivity index (χ1) is 6.50. The molecule has 0 saturated heterocycles. The molecule has 2 heteroatoms. The highest BCUT2D eigenvalue weighted by molar-refractivity contribution is 4.94. The fraction of sp³-hybridized carbons (Fsp3) is 1.00. The molecular formula is C12H24FN. The Kier molecular flexibility index (Phi) is 3.94. The molecule has 14 heavy (non-hydrogen) atoms. The lowest BCUT2D eigenvalue weighted by atomic mass is 9.68. The average molecular weight is 201 g/mol. The lowest BCUT2D eigenvalue weighted by Gasteiger charge is -2.41. The summed E-state index contributed by atoms with van der Waals surface area (Å²) in [5.74, 6) is 0.728. The van der Waals surface area contributed by atoms with Gasteiger partial charge < -0.3 is 5.73 Å². The first kappa shape index (κ1) is 12.0. The average Bonchev–Trinajstić information content (AvgIpc) is 2.17. The fourth-order valence-electron chi connectivity index (χ4n) is 2.78. The Morgan fingerprint density at radius 3 is 2.50 bits per heavy atom. The molecule has 1 aliphatic carbocycles. The van der Waals surface area contributed by atoms with Crippen molar-refractivity contribution < 1.29 is 4.39 Å². The molecule has 1 nitrogen and oxygen atoms in total. The van der Waals surface area contributed by atoms with Gasteiger partial charge in [-0.2, -0.15) is 0 Å². The van der Waals surface area contributed by atoms with E-state index in [1.807, 2.05) is 0 Å². The predicted octanol–water partition coefficient (Wildman–Crippen LogP) is 3.28. The first-order valence-electron chi connectivity index (χ1n) is 5.94. The molecule has 1 rings (SSSR count). The molecular weight excluding hydrogens is 177 g/mol. The predicted molar refractivity (Wildman–Crippen MR) is 58.9 cm³/mol. The summed E-state index contributed by atoms with van der Waals surface area (Å²) in [6.07, 6.45) is 5.74. The van der Waals surface area contributed by atoms with Gasteiger partial charge in [0.05, 0.1) is 0 Å². The van der Waals surface area contributed by atoms with E-state index in [0.29, 0.717) is 5.92 Å². The molecule has 0 aromatic carbocycles. The molecule has 0 aliphatic heterocycles. The van der Waals surface area contributed by atoms with Crippen molar-refractivity contribution in [2.24, 2.45) is 17.6 Å². The van der Waals surface area contributed by atoms with E-state index in [9.17, 15) is 4.39 Å². The summed E-state index contributed by atoms with van der Waals surface area (Å²) in [4.78, 5) is 0. The zero-order chi connectivity index (χ0) is 10.8. The molecule has 0 spiro atoms. The van der Waals surface area contributed by atoms with E-state index < -0.39 is 5.67 Å². The molecule has 0 heterocycles. The Hall–Kier alpha value is -0.110. The van der Waals surface area contributed by atoms with E-state index in [4.69, 9.17) is 5.73 Å². The molecule has 0 bridgehead atoms. The van der Waals surface area contributed by atoms with Crippen LogP contribution >= 0.6 is 0 Å². The fourth-order valence-corrected chi connectivity index (χ4v) is 2.78. The molecule has 0 aromatic rings. The van der Waals surface area contributed by atoms with E-state index in [-0.39, 0.29) is 12.0 Å². The summed E-state index contributed by atoms with van der Waals surface area (Å²) < 4.78 is 14.4. The lowest BCUT2D eigenvalue weighted by Crippen LogP contribution is -2.49. The SMILES string of the molecule is CCC1CCCCC1C(C)(F)C(C)N. The third-order valence-corrected chi connectivity index (χ3v) is 4.05. The van der Waals surface area contributed by atoms with E-state index in [0.717, 1.165) is 12.8 Å². The molecule has 0 aromatic heterocycles. The Labute approximate surface area is 87.3 Å². The molecule has 2 N–H and O–H groups in total. The number of nitrogens with two attached hydrogens (primary N) is 1. The molecule has 4 unspecified atom stereocenters. The second kappa shape index (κ2) is 4.61. The summed E-state index contributed by atoms with van der Waals surface area (Å²) in [6, 6.07) is -0.348. The zero-order valence-electron chi connectivity index (χ0n) is 9.72. The van der Waals surface area contributed by atoms with Gasteiger partial charge in [0.25, 0.3) is 0 Å². The van der Waals surface area contributed by atoms with Gasteiger partial charge >= 0.3 is 0 Å². The second-order valence-electron chi connectivity index (χ2n) is 5.00. The maximum atomic E-state index is 14.4. The van der Waals surface area contributed by atoms with E-state index in [2.05, 4.69) is 6.92 Å². The number of hydrogen-bond acceptors (Lipinski definition) is 1. The van der Waals surface area contributed by atoms with Crippen LogP contribution in [0.25, 0.3) is 0 Å². The minimum atomic E-state index is -1.18. The summed E-state index contributed by atoms with van der Waals surface area (Å²) in [5.41, 5.74) is 4.56. The van der Waals surface area contributed by atoms with Gasteiger partial charge in [-0.3, -0.25) is 0 Å². The van der Waals surface area contributed by atoms with Gasteiger partial charge in [0.15, 0.2) is 0 Å². The van der Waals surface area contributed by atoms with Gasteiger partial charge in [-0.1, -0.05) is 32.6 Å². The Bertz CT molecular complexity index is 177. The normalized spacial score (nSPS) is 34.9. The molecule has 0 radical (unpaired) electrons. The highest BCUT2D eigenvalue weighted by Crippen LogP contribution is 2.42. The van der Waals surface area contributed by atoms with Crippen molar-refractivity contribution in [2.75, 3.05) is 0 Å². The van der Waals surface area contributed by atoms with E-state index in [1.54, 1.807) is 13.8 Å². The highest BCUT2D eigenvalue weighted by atomic mass is 19.1. The lowest BCUT2D eigenvalue weighted by molar-refractivity contribution is 0.0152. The number of alkyl halides is 1. The van der Waals surface area contributed by atoms with E-state index >= 15 is 0 Å².